The molecule has 0 saturated heterocycles. The molecule has 142 valence electrons. The highest BCUT2D eigenvalue weighted by molar-refractivity contribution is 7.90. The molecule has 0 unspecified atom stereocenters. The topological polar surface area (TPSA) is 79.0 Å². The van der Waals surface area contributed by atoms with Gasteiger partial charge in [0.05, 0.1) is 11.8 Å². The molecule has 27 heavy (non-hydrogen) atoms. The number of amides is 1. The Kier molecular flexibility index (Phi) is 5.96. The summed E-state index contributed by atoms with van der Waals surface area (Å²) in [6.07, 6.45) is 5.02. The Labute approximate surface area is 159 Å². The van der Waals surface area contributed by atoms with Gasteiger partial charge in [0.25, 0.3) is 0 Å². The van der Waals surface area contributed by atoms with E-state index < -0.39 is 15.9 Å². The molecule has 1 amide bonds. The summed E-state index contributed by atoms with van der Waals surface area (Å²) in [5.74, 6) is -0.238. The van der Waals surface area contributed by atoms with E-state index in [0.717, 1.165) is 17.5 Å². The number of hydrogen-bond donors (Lipinski definition) is 2. The van der Waals surface area contributed by atoms with Crippen molar-refractivity contribution in [2.24, 2.45) is 0 Å². The fourth-order valence-corrected chi connectivity index (χ4v) is 4.13. The van der Waals surface area contributed by atoms with Crippen molar-refractivity contribution in [2.45, 2.75) is 25.3 Å². The Morgan fingerprint density at radius 3 is 2.52 bits per heavy atom. The summed E-state index contributed by atoms with van der Waals surface area (Å²) < 4.78 is 23.5. The first-order valence-corrected chi connectivity index (χ1v) is 11.1. The highest BCUT2D eigenvalue weighted by Crippen LogP contribution is 2.20. The lowest BCUT2D eigenvalue weighted by molar-refractivity contribution is -0.121. The number of para-hydroxylation sites is 1. The van der Waals surface area contributed by atoms with Gasteiger partial charge in [0.2, 0.25) is 5.91 Å². The molecule has 1 heterocycles. The van der Waals surface area contributed by atoms with Crippen LogP contribution in [0.3, 0.4) is 0 Å². The van der Waals surface area contributed by atoms with Gasteiger partial charge < -0.3 is 10.3 Å². The molecule has 3 aromatic rings. The van der Waals surface area contributed by atoms with Crippen LogP contribution in [0.2, 0.25) is 0 Å². The number of aryl methyl sites for hydroxylation is 1. The highest BCUT2D eigenvalue weighted by Gasteiger charge is 2.19. The number of aromatic nitrogens is 1. The lowest BCUT2D eigenvalue weighted by Gasteiger charge is -2.18. The molecule has 2 aromatic carbocycles. The van der Waals surface area contributed by atoms with E-state index in [9.17, 15) is 13.2 Å². The molecule has 2 N–H and O–H groups in total. The largest absolute Gasteiger partial charge is 0.361 e. The van der Waals surface area contributed by atoms with Crippen LogP contribution in [-0.2, 0) is 21.1 Å². The van der Waals surface area contributed by atoms with Gasteiger partial charge in [0.15, 0.2) is 0 Å². The molecule has 1 atom stereocenters. The van der Waals surface area contributed by atoms with E-state index in [1.165, 1.54) is 17.2 Å². The molecule has 0 saturated carbocycles. The summed E-state index contributed by atoms with van der Waals surface area (Å²) in [7, 11) is -3.22. The Hall–Kier alpha value is -2.60. The summed E-state index contributed by atoms with van der Waals surface area (Å²) in [5, 5.41) is 4.06. The van der Waals surface area contributed by atoms with Gasteiger partial charge in [-0.15, -0.1) is 0 Å². The zero-order valence-corrected chi connectivity index (χ0v) is 16.1. The van der Waals surface area contributed by atoms with E-state index in [-0.39, 0.29) is 11.7 Å². The number of carbonyl (C=O) groups is 1. The van der Waals surface area contributed by atoms with E-state index in [2.05, 4.69) is 16.4 Å². The van der Waals surface area contributed by atoms with Crippen LogP contribution in [0.25, 0.3) is 10.9 Å². The zero-order valence-electron chi connectivity index (χ0n) is 15.3. The quantitative estimate of drug-likeness (QED) is 0.625. The number of benzene rings is 2. The van der Waals surface area contributed by atoms with E-state index >= 15 is 0 Å². The molecule has 0 spiro atoms. The van der Waals surface area contributed by atoms with Gasteiger partial charge in [-0.25, -0.2) is 8.42 Å². The van der Waals surface area contributed by atoms with Crippen molar-refractivity contribution in [1.82, 2.24) is 10.3 Å². The smallest absolute Gasteiger partial charge is 0.220 e. The van der Waals surface area contributed by atoms with Crippen LogP contribution in [0.15, 0.2) is 60.8 Å². The second-order valence-electron chi connectivity index (χ2n) is 6.84. The molecule has 3 rings (SSSR count). The minimum atomic E-state index is -3.22. The van der Waals surface area contributed by atoms with E-state index in [1.807, 2.05) is 54.7 Å². The molecule has 0 radical (unpaired) electrons. The van der Waals surface area contributed by atoms with Crippen LogP contribution in [0.4, 0.5) is 0 Å². The lowest BCUT2D eigenvalue weighted by Crippen LogP contribution is -2.32. The summed E-state index contributed by atoms with van der Waals surface area (Å²) in [5.41, 5.74) is 3.08. The number of fused-ring (bicyclic) bond motifs is 1. The molecule has 0 aliphatic carbocycles. The molecule has 0 aliphatic heterocycles. The first-order chi connectivity index (χ1) is 12.9. The van der Waals surface area contributed by atoms with Crippen molar-refractivity contribution < 1.29 is 13.2 Å². The minimum Gasteiger partial charge on any atom is -0.361 e. The van der Waals surface area contributed by atoms with Gasteiger partial charge in [-0.05, 0) is 30.0 Å². The van der Waals surface area contributed by atoms with Crippen molar-refractivity contribution >= 4 is 26.6 Å². The number of hydrogen-bond acceptors (Lipinski definition) is 3. The predicted molar refractivity (Wildman–Crippen MR) is 108 cm³/mol. The molecular weight excluding hydrogens is 360 g/mol. The molecule has 5 nitrogen and oxygen atoms in total. The van der Waals surface area contributed by atoms with Crippen molar-refractivity contribution in [3.8, 4) is 0 Å². The summed E-state index contributed by atoms with van der Waals surface area (Å²) in [4.78, 5) is 15.6. The maximum Gasteiger partial charge on any atom is 0.220 e. The summed E-state index contributed by atoms with van der Waals surface area (Å²) in [6, 6.07) is 16.8. The van der Waals surface area contributed by atoms with Gasteiger partial charge in [0, 0.05) is 29.8 Å². The average molecular weight is 385 g/mol. The molecule has 6 heteroatoms. The van der Waals surface area contributed by atoms with Crippen LogP contribution in [0, 0.1) is 0 Å². The third-order valence-corrected chi connectivity index (χ3v) is 5.47. The number of carbonyl (C=O) groups excluding carboxylic acids is 1. The number of aromatic amines is 1. The number of rotatable bonds is 8. The number of H-pyrrole nitrogens is 1. The molecular formula is C21H24N2O3S. The third-order valence-electron chi connectivity index (χ3n) is 4.53. The minimum absolute atomic E-state index is 0.106. The third kappa shape index (κ3) is 5.44. The summed E-state index contributed by atoms with van der Waals surface area (Å²) in [6.45, 7) is 0. The highest BCUT2D eigenvalue weighted by atomic mass is 32.2. The summed E-state index contributed by atoms with van der Waals surface area (Å²) >= 11 is 0. The van der Waals surface area contributed by atoms with Crippen molar-refractivity contribution in [3.05, 3.63) is 71.9 Å². The number of nitrogens with one attached hydrogen (secondary N) is 2. The van der Waals surface area contributed by atoms with Gasteiger partial charge in [0.1, 0.15) is 9.84 Å². The van der Waals surface area contributed by atoms with Crippen molar-refractivity contribution in [3.63, 3.8) is 0 Å². The second kappa shape index (κ2) is 8.39. The Balaban J connectivity index is 1.59. The molecule has 1 aromatic heterocycles. The van der Waals surface area contributed by atoms with Gasteiger partial charge in [-0.3, -0.25) is 4.79 Å². The van der Waals surface area contributed by atoms with Gasteiger partial charge in [-0.2, -0.15) is 0 Å². The Bertz CT molecular complexity index is 1010. The van der Waals surface area contributed by atoms with Gasteiger partial charge in [-0.1, -0.05) is 48.5 Å². The van der Waals surface area contributed by atoms with E-state index in [4.69, 9.17) is 0 Å². The van der Waals surface area contributed by atoms with Gasteiger partial charge >= 0.3 is 0 Å². The fourth-order valence-electron chi connectivity index (χ4n) is 3.25. The van der Waals surface area contributed by atoms with Crippen molar-refractivity contribution in [1.29, 1.82) is 0 Å². The first-order valence-electron chi connectivity index (χ1n) is 8.99. The Morgan fingerprint density at radius 1 is 1.07 bits per heavy atom. The van der Waals surface area contributed by atoms with Crippen molar-refractivity contribution in [2.75, 3.05) is 12.0 Å². The van der Waals surface area contributed by atoms with Crippen LogP contribution in [0.1, 0.15) is 30.0 Å². The monoisotopic (exact) mass is 384 g/mol. The van der Waals surface area contributed by atoms with Crippen LogP contribution in [-0.4, -0.2) is 31.3 Å². The molecule has 0 bridgehead atoms. The van der Waals surface area contributed by atoms with Crippen LogP contribution >= 0.6 is 0 Å². The second-order valence-corrected chi connectivity index (χ2v) is 9.02. The van der Waals surface area contributed by atoms with E-state index in [1.54, 1.807) is 0 Å². The lowest BCUT2D eigenvalue weighted by atomic mass is 10.1. The standard InChI is InChI=1S/C21H24N2O3S/c1-27(25,26)15-20(16-8-3-2-4-9-16)23-21(24)13-7-10-17-14-22-19-12-6-5-11-18(17)19/h2-6,8-9,11-12,14,20,22H,7,10,13,15H2,1H3,(H,23,24)/t20-/m0/s1. The first kappa shape index (κ1) is 19.2. The number of sulfone groups is 1. The van der Waals surface area contributed by atoms with Crippen LogP contribution in [0.5, 0.6) is 0 Å². The SMILES string of the molecule is CS(=O)(=O)C[C@H](NC(=O)CCCc1c[nH]c2ccccc12)c1ccccc1. The molecule has 0 fully saturated rings. The van der Waals surface area contributed by atoms with Crippen LogP contribution < -0.4 is 5.32 Å². The Morgan fingerprint density at radius 2 is 1.78 bits per heavy atom. The fraction of sp³-hybridized carbons (Fsp3) is 0.286. The maximum atomic E-state index is 12.4. The average Bonchev–Trinajstić information content (AvgIpc) is 3.04. The van der Waals surface area contributed by atoms with E-state index in [0.29, 0.717) is 12.8 Å². The maximum absolute atomic E-state index is 12.4. The molecule has 0 aliphatic rings. The zero-order chi connectivity index (χ0) is 19.3. The predicted octanol–water partition coefficient (Wildman–Crippen LogP) is 3.39. The normalized spacial score (nSPS) is 12.8.